The summed E-state index contributed by atoms with van der Waals surface area (Å²) < 4.78 is 51.6. The average Bonchev–Trinajstić information content (AvgIpc) is 3.05. The second kappa shape index (κ2) is 7.57. The number of hydrogen-bond donors (Lipinski definition) is 0. The van der Waals surface area contributed by atoms with Crippen LogP contribution >= 0.6 is 0 Å². The van der Waals surface area contributed by atoms with Gasteiger partial charge in [0.2, 0.25) is 5.91 Å². The quantitative estimate of drug-likeness (QED) is 0.665. The standard InChI is InChI=1S/C18H22F2N4O3S/c1-3-23(16-11-24(22-13(16)2)15-5-4-7-21-10-15)17(25)6-8-28(26,27)12-14-9-18(14,19)20/h4-5,7,10-11,14H,3,6,8-9,12H2,1-2H3. The fourth-order valence-corrected chi connectivity index (χ4v) is 4.66. The minimum atomic E-state index is -3.71. The topological polar surface area (TPSA) is 85.2 Å². The molecule has 7 nitrogen and oxygen atoms in total. The molecule has 1 aliphatic rings. The predicted octanol–water partition coefficient (Wildman–Crippen LogP) is 2.39. The van der Waals surface area contributed by atoms with E-state index in [1.807, 2.05) is 6.07 Å². The van der Waals surface area contributed by atoms with Crippen molar-refractivity contribution < 1.29 is 22.0 Å². The number of alkyl halides is 2. The number of sulfone groups is 1. The minimum Gasteiger partial charge on any atom is -0.310 e. The minimum absolute atomic E-state index is 0.258. The first-order chi connectivity index (χ1) is 13.1. The van der Waals surface area contributed by atoms with Crippen molar-refractivity contribution in [1.29, 1.82) is 0 Å². The van der Waals surface area contributed by atoms with Gasteiger partial charge in [0.05, 0.1) is 41.0 Å². The summed E-state index contributed by atoms with van der Waals surface area (Å²) in [5.74, 6) is -5.40. The van der Waals surface area contributed by atoms with Crippen molar-refractivity contribution in [2.75, 3.05) is 23.0 Å². The van der Waals surface area contributed by atoms with Gasteiger partial charge in [0.1, 0.15) is 0 Å². The number of nitrogens with zero attached hydrogens (tertiary/aromatic N) is 4. The summed E-state index contributed by atoms with van der Waals surface area (Å²) in [5.41, 5.74) is 1.91. The van der Waals surface area contributed by atoms with Gasteiger partial charge in [-0.1, -0.05) is 0 Å². The molecular weight excluding hydrogens is 390 g/mol. The molecule has 0 N–H and O–H groups in total. The van der Waals surface area contributed by atoms with Crippen molar-refractivity contribution in [3.05, 3.63) is 36.4 Å². The summed E-state index contributed by atoms with van der Waals surface area (Å²) >= 11 is 0. The van der Waals surface area contributed by atoms with Gasteiger partial charge >= 0.3 is 0 Å². The number of hydrogen-bond acceptors (Lipinski definition) is 5. The molecule has 0 aliphatic heterocycles. The summed E-state index contributed by atoms with van der Waals surface area (Å²) in [6.07, 6.45) is 4.31. The molecule has 152 valence electrons. The molecule has 1 aliphatic carbocycles. The molecule has 0 spiro atoms. The smallest absolute Gasteiger partial charge is 0.252 e. The Balaban J connectivity index is 1.68. The van der Waals surface area contributed by atoms with Gasteiger partial charge in [-0.2, -0.15) is 5.10 Å². The Morgan fingerprint density at radius 2 is 2.14 bits per heavy atom. The molecule has 1 atom stereocenters. The van der Waals surface area contributed by atoms with Crippen molar-refractivity contribution in [2.45, 2.75) is 32.6 Å². The van der Waals surface area contributed by atoms with Crippen LogP contribution < -0.4 is 4.90 Å². The van der Waals surface area contributed by atoms with E-state index >= 15 is 0 Å². The number of rotatable bonds is 8. The summed E-state index contributed by atoms with van der Waals surface area (Å²) in [6.45, 7) is 3.86. The molecule has 0 bridgehead atoms. The van der Waals surface area contributed by atoms with Crippen LogP contribution in [-0.2, 0) is 14.6 Å². The Kier molecular flexibility index (Phi) is 5.51. The van der Waals surface area contributed by atoms with Crippen molar-refractivity contribution >= 4 is 21.4 Å². The van der Waals surface area contributed by atoms with Gasteiger partial charge < -0.3 is 4.90 Å². The van der Waals surface area contributed by atoms with E-state index < -0.39 is 39.6 Å². The third kappa shape index (κ3) is 4.54. The van der Waals surface area contributed by atoms with Crippen LogP contribution in [0.3, 0.4) is 0 Å². The van der Waals surface area contributed by atoms with Crippen LogP contribution in [0.15, 0.2) is 30.7 Å². The lowest BCUT2D eigenvalue weighted by Gasteiger charge is -2.20. The molecule has 1 amide bonds. The number of anilines is 1. The molecule has 10 heteroatoms. The lowest BCUT2D eigenvalue weighted by Crippen LogP contribution is -2.32. The van der Waals surface area contributed by atoms with Crippen LogP contribution in [-0.4, -0.2) is 53.1 Å². The largest absolute Gasteiger partial charge is 0.310 e. The van der Waals surface area contributed by atoms with Gasteiger partial charge in [-0.15, -0.1) is 0 Å². The fourth-order valence-electron chi connectivity index (χ4n) is 3.04. The van der Waals surface area contributed by atoms with Gasteiger partial charge in [0, 0.05) is 31.5 Å². The monoisotopic (exact) mass is 412 g/mol. The Morgan fingerprint density at radius 3 is 2.71 bits per heavy atom. The zero-order valence-corrected chi connectivity index (χ0v) is 16.5. The number of carbonyl (C=O) groups excluding carboxylic acids is 1. The Labute approximate surface area is 162 Å². The number of pyridine rings is 1. The van der Waals surface area contributed by atoms with E-state index in [4.69, 9.17) is 0 Å². The Morgan fingerprint density at radius 1 is 1.43 bits per heavy atom. The highest BCUT2D eigenvalue weighted by molar-refractivity contribution is 7.91. The van der Waals surface area contributed by atoms with E-state index in [0.717, 1.165) is 5.69 Å². The zero-order chi connectivity index (χ0) is 20.5. The van der Waals surface area contributed by atoms with Gasteiger partial charge in [0.15, 0.2) is 9.84 Å². The van der Waals surface area contributed by atoms with Gasteiger partial charge in [-0.3, -0.25) is 9.78 Å². The average molecular weight is 412 g/mol. The summed E-state index contributed by atoms with van der Waals surface area (Å²) in [6, 6.07) is 3.59. The molecule has 2 aromatic rings. The SMILES string of the molecule is CCN(C(=O)CCS(=O)(=O)CC1CC1(F)F)c1cn(-c2cccnc2)nc1C. The third-order valence-corrected chi connectivity index (χ3v) is 6.47. The number of carbonyl (C=O) groups is 1. The van der Waals surface area contributed by atoms with Gasteiger partial charge in [0.25, 0.3) is 5.92 Å². The fraction of sp³-hybridized carbons (Fsp3) is 0.500. The van der Waals surface area contributed by atoms with Crippen LogP contribution in [0.4, 0.5) is 14.5 Å². The molecule has 0 saturated heterocycles. The number of halogens is 2. The lowest BCUT2D eigenvalue weighted by molar-refractivity contribution is -0.118. The molecule has 1 unspecified atom stereocenters. The molecule has 0 radical (unpaired) electrons. The maximum absolute atomic E-state index is 13.0. The lowest BCUT2D eigenvalue weighted by atomic mass is 10.3. The molecule has 1 saturated carbocycles. The number of aryl methyl sites for hydroxylation is 1. The normalized spacial score (nSPS) is 18.1. The maximum atomic E-state index is 13.0. The summed E-state index contributed by atoms with van der Waals surface area (Å²) in [7, 11) is -3.71. The van der Waals surface area contributed by atoms with Gasteiger partial charge in [-0.25, -0.2) is 21.9 Å². The van der Waals surface area contributed by atoms with Crippen molar-refractivity contribution in [3.63, 3.8) is 0 Å². The van der Waals surface area contributed by atoms with Crippen LogP contribution in [0.2, 0.25) is 0 Å². The molecule has 3 rings (SSSR count). The first-order valence-electron chi connectivity index (χ1n) is 8.98. The molecular formula is C18H22F2N4O3S. The first kappa shape index (κ1) is 20.4. The van der Waals surface area contributed by atoms with Crippen LogP contribution in [0, 0.1) is 12.8 Å². The van der Waals surface area contributed by atoms with E-state index in [9.17, 15) is 22.0 Å². The molecule has 2 heterocycles. The highest BCUT2D eigenvalue weighted by Crippen LogP contribution is 2.49. The highest BCUT2D eigenvalue weighted by atomic mass is 32.2. The third-order valence-electron chi connectivity index (χ3n) is 4.73. The van der Waals surface area contributed by atoms with Crippen LogP contribution in [0.1, 0.15) is 25.5 Å². The van der Waals surface area contributed by atoms with Crippen molar-refractivity contribution in [2.24, 2.45) is 5.92 Å². The van der Waals surface area contributed by atoms with E-state index in [1.54, 1.807) is 43.2 Å². The number of amides is 1. The molecule has 1 fully saturated rings. The van der Waals surface area contributed by atoms with E-state index in [0.29, 0.717) is 17.9 Å². The van der Waals surface area contributed by atoms with Crippen LogP contribution in [0.5, 0.6) is 0 Å². The maximum Gasteiger partial charge on any atom is 0.252 e. The second-order valence-electron chi connectivity index (χ2n) is 6.92. The number of aromatic nitrogens is 3. The van der Waals surface area contributed by atoms with Gasteiger partial charge in [-0.05, 0) is 26.0 Å². The molecule has 0 aromatic carbocycles. The highest BCUT2D eigenvalue weighted by Gasteiger charge is 2.58. The predicted molar refractivity (Wildman–Crippen MR) is 100 cm³/mol. The summed E-state index contributed by atoms with van der Waals surface area (Å²) in [4.78, 5) is 18.1. The first-order valence-corrected chi connectivity index (χ1v) is 10.8. The zero-order valence-electron chi connectivity index (χ0n) is 15.7. The summed E-state index contributed by atoms with van der Waals surface area (Å²) in [5, 5.41) is 4.39. The van der Waals surface area contributed by atoms with E-state index in [1.165, 1.54) is 4.90 Å². The van der Waals surface area contributed by atoms with E-state index in [2.05, 4.69) is 10.1 Å². The van der Waals surface area contributed by atoms with Crippen molar-refractivity contribution in [3.8, 4) is 5.69 Å². The van der Waals surface area contributed by atoms with Crippen molar-refractivity contribution in [1.82, 2.24) is 14.8 Å². The van der Waals surface area contributed by atoms with Crippen LogP contribution in [0.25, 0.3) is 5.69 Å². The Hall–Kier alpha value is -2.36. The molecule has 2 aromatic heterocycles. The molecule has 28 heavy (non-hydrogen) atoms. The second-order valence-corrected chi connectivity index (χ2v) is 9.15. The van der Waals surface area contributed by atoms with E-state index in [-0.39, 0.29) is 12.3 Å². The Bertz CT molecular complexity index is 960.